The van der Waals surface area contributed by atoms with E-state index in [0.29, 0.717) is 25.9 Å². The van der Waals surface area contributed by atoms with E-state index in [1.54, 1.807) is 17.9 Å². The second kappa shape index (κ2) is 10.4. The number of esters is 1. The van der Waals surface area contributed by atoms with E-state index in [2.05, 4.69) is 13.5 Å². The van der Waals surface area contributed by atoms with Gasteiger partial charge in [-0.25, -0.2) is 0 Å². The maximum Gasteiger partial charge on any atom is 0.312 e. The zero-order chi connectivity index (χ0) is 25.3. The molecule has 2 bridgehead atoms. The van der Waals surface area contributed by atoms with E-state index in [1.165, 1.54) is 4.90 Å². The minimum atomic E-state index is -1.12. The summed E-state index contributed by atoms with van der Waals surface area (Å²) in [7, 11) is 0. The Labute approximate surface area is 203 Å². The van der Waals surface area contributed by atoms with Gasteiger partial charge < -0.3 is 24.4 Å². The van der Waals surface area contributed by atoms with Crippen LogP contribution in [0.2, 0.25) is 0 Å². The third-order valence-electron chi connectivity index (χ3n) is 8.30. The monoisotopic (exact) mass is 478 g/mol. The normalized spacial score (nSPS) is 34.8. The van der Waals surface area contributed by atoms with Crippen molar-refractivity contribution in [2.45, 2.75) is 90.0 Å². The number of carbonyl (C=O) groups excluding carboxylic acids is 3. The van der Waals surface area contributed by atoms with Crippen LogP contribution in [-0.2, 0) is 23.9 Å². The molecule has 3 unspecified atom stereocenters. The van der Waals surface area contributed by atoms with Crippen molar-refractivity contribution < 1.29 is 29.0 Å². The van der Waals surface area contributed by atoms with Crippen LogP contribution < -0.4 is 0 Å². The lowest BCUT2D eigenvalue weighted by molar-refractivity contribution is -0.163. The Balaban J connectivity index is 2.10. The van der Waals surface area contributed by atoms with Gasteiger partial charge >= 0.3 is 5.97 Å². The number of hydrogen-bond acceptors (Lipinski definition) is 6. The van der Waals surface area contributed by atoms with Crippen LogP contribution in [0.25, 0.3) is 0 Å². The van der Waals surface area contributed by atoms with Gasteiger partial charge in [0.25, 0.3) is 0 Å². The van der Waals surface area contributed by atoms with E-state index in [-0.39, 0.29) is 30.9 Å². The van der Waals surface area contributed by atoms with Crippen molar-refractivity contribution in [1.29, 1.82) is 0 Å². The molecule has 0 aromatic rings. The molecular weight excluding hydrogens is 436 g/mol. The molecule has 1 spiro atoms. The number of likely N-dealkylation sites (tertiary alicyclic amines) is 1. The van der Waals surface area contributed by atoms with E-state index in [9.17, 15) is 19.5 Å². The van der Waals surface area contributed by atoms with Crippen molar-refractivity contribution in [2.75, 3.05) is 26.3 Å². The number of ether oxygens (including phenoxy) is 2. The summed E-state index contributed by atoms with van der Waals surface area (Å²) in [4.78, 5) is 44.6. The number of fused-ring (bicyclic) bond motifs is 1. The molecule has 3 rings (SSSR count). The van der Waals surface area contributed by atoms with Crippen molar-refractivity contribution in [3.63, 3.8) is 0 Å². The van der Waals surface area contributed by atoms with E-state index in [0.717, 1.165) is 19.3 Å². The van der Waals surface area contributed by atoms with Gasteiger partial charge in [-0.15, -0.1) is 6.58 Å². The Morgan fingerprint density at radius 3 is 2.62 bits per heavy atom. The number of amides is 2. The highest BCUT2D eigenvalue weighted by atomic mass is 16.6. The van der Waals surface area contributed by atoms with Gasteiger partial charge in [-0.2, -0.15) is 0 Å². The molecule has 8 nitrogen and oxygen atoms in total. The number of unbranched alkanes of at least 4 members (excludes halogenated alkanes) is 2. The van der Waals surface area contributed by atoms with Crippen molar-refractivity contribution in [3.05, 3.63) is 12.7 Å². The van der Waals surface area contributed by atoms with E-state index in [4.69, 9.17) is 9.47 Å². The third kappa shape index (κ3) is 3.96. The molecule has 3 saturated heterocycles. The molecule has 34 heavy (non-hydrogen) atoms. The quantitative estimate of drug-likeness (QED) is 0.263. The molecular formula is C26H42N2O6. The van der Waals surface area contributed by atoms with Gasteiger partial charge in [0.15, 0.2) is 0 Å². The van der Waals surface area contributed by atoms with Crippen LogP contribution in [0, 0.1) is 17.8 Å². The summed E-state index contributed by atoms with van der Waals surface area (Å²) in [6, 6.07) is -1.43. The second-order valence-corrected chi connectivity index (χ2v) is 10.2. The van der Waals surface area contributed by atoms with Crippen LogP contribution in [0.4, 0.5) is 0 Å². The maximum absolute atomic E-state index is 14.2. The molecule has 2 amide bonds. The maximum atomic E-state index is 14.2. The summed E-state index contributed by atoms with van der Waals surface area (Å²) < 4.78 is 12.1. The Morgan fingerprint density at radius 2 is 2.06 bits per heavy atom. The SMILES string of the molecule is C=CCN(CCCCC)C(=O)C1N([C@@H](CC)CO)C(=O)[C@@H]2[C@@H](C(=O)OCC)[C@]3(C)OC12CC3C. The summed E-state index contributed by atoms with van der Waals surface area (Å²) in [5, 5.41) is 10.1. The zero-order valence-corrected chi connectivity index (χ0v) is 21.4. The highest BCUT2D eigenvalue weighted by molar-refractivity contribution is 5.98. The summed E-state index contributed by atoms with van der Waals surface area (Å²) >= 11 is 0. The number of carbonyl (C=O) groups is 3. The number of rotatable bonds is 12. The van der Waals surface area contributed by atoms with Crippen molar-refractivity contribution in [2.24, 2.45) is 17.8 Å². The van der Waals surface area contributed by atoms with E-state index < -0.39 is 41.1 Å². The topological polar surface area (TPSA) is 96.4 Å². The Bertz CT molecular complexity index is 798. The smallest absolute Gasteiger partial charge is 0.312 e. The lowest BCUT2D eigenvalue weighted by Gasteiger charge is -2.39. The molecule has 3 fully saturated rings. The first-order chi connectivity index (χ1) is 16.2. The summed E-state index contributed by atoms with van der Waals surface area (Å²) in [6.45, 7) is 14.3. The second-order valence-electron chi connectivity index (χ2n) is 10.2. The lowest BCUT2D eigenvalue weighted by atomic mass is 9.62. The molecule has 0 aromatic carbocycles. The minimum Gasteiger partial charge on any atom is -0.466 e. The predicted molar refractivity (Wildman–Crippen MR) is 128 cm³/mol. The highest BCUT2D eigenvalue weighted by Gasteiger charge is 2.80. The fourth-order valence-electron chi connectivity index (χ4n) is 6.53. The van der Waals surface area contributed by atoms with Gasteiger partial charge in [-0.3, -0.25) is 14.4 Å². The standard InChI is InChI=1S/C26H42N2O6/c1-7-11-12-14-27(13-8-2)23(31)21-26-15-17(5)25(6,34-26)20(24(32)33-10-4)19(26)22(30)28(21)18(9-3)16-29/h8,17-21,29H,2,7,9-16H2,1,3-6H3/t17?,18-,19-,20-,21?,25+,26?/m0/s1. The van der Waals surface area contributed by atoms with Gasteiger partial charge in [0, 0.05) is 13.1 Å². The molecule has 3 heterocycles. The third-order valence-corrected chi connectivity index (χ3v) is 8.30. The highest BCUT2D eigenvalue weighted by Crippen LogP contribution is 2.65. The first kappa shape index (κ1) is 26.7. The molecule has 0 aliphatic carbocycles. The van der Waals surface area contributed by atoms with Gasteiger partial charge in [0.1, 0.15) is 17.6 Å². The van der Waals surface area contributed by atoms with Crippen LogP contribution in [0.1, 0.15) is 66.7 Å². The van der Waals surface area contributed by atoms with Crippen LogP contribution in [-0.4, -0.2) is 82.3 Å². The number of aliphatic hydroxyl groups is 1. The van der Waals surface area contributed by atoms with Gasteiger partial charge in [-0.1, -0.05) is 39.7 Å². The van der Waals surface area contributed by atoms with Crippen LogP contribution in [0.15, 0.2) is 12.7 Å². The zero-order valence-electron chi connectivity index (χ0n) is 21.4. The number of hydrogen-bond donors (Lipinski definition) is 1. The van der Waals surface area contributed by atoms with Crippen LogP contribution >= 0.6 is 0 Å². The van der Waals surface area contributed by atoms with Crippen molar-refractivity contribution in [1.82, 2.24) is 9.80 Å². The van der Waals surface area contributed by atoms with Gasteiger partial charge in [0.2, 0.25) is 11.8 Å². The molecule has 3 aliphatic heterocycles. The van der Waals surface area contributed by atoms with Crippen LogP contribution in [0.3, 0.4) is 0 Å². The fourth-order valence-corrected chi connectivity index (χ4v) is 6.53. The molecule has 3 aliphatic rings. The first-order valence-corrected chi connectivity index (χ1v) is 12.9. The molecule has 192 valence electrons. The Morgan fingerprint density at radius 1 is 1.35 bits per heavy atom. The lowest BCUT2D eigenvalue weighted by Crippen LogP contribution is -2.59. The van der Waals surface area contributed by atoms with E-state index >= 15 is 0 Å². The largest absolute Gasteiger partial charge is 0.466 e. The molecule has 0 aromatic heterocycles. The molecule has 1 N–H and O–H groups in total. The average Bonchev–Trinajstić information content (AvgIpc) is 3.31. The Kier molecular flexibility index (Phi) is 8.13. The van der Waals surface area contributed by atoms with Gasteiger partial charge in [0.05, 0.1) is 30.8 Å². The summed E-state index contributed by atoms with van der Waals surface area (Å²) in [5.74, 6) is -2.56. The summed E-state index contributed by atoms with van der Waals surface area (Å²) in [6.07, 6.45) is 5.56. The van der Waals surface area contributed by atoms with Crippen LogP contribution in [0.5, 0.6) is 0 Å². The summed E-state index contributed by atoms with van der Waals surface area (Å²) in [5.41, 5.74) is -2.00. The molecule has 8 heteroatoms. The minimum absolute atomic E-state index is 0.0386. The Hall–Kier alpha value is -1.93. The predicted octanol–water partition coefficient (Wildman–Crippen LogP) is 2.54. The fraction of sp³-hybridized carbons (Fsp3) is 0.808. The van der Waals surface area contributed by atoms with Crippen molar-refractivity contribution >= 4 is 17.8 Å². The number of aliphatic hydroxyl groups excluding tert-OH is 1. The molecule has 0 radical (unpaired) electrons. The molecule has 0 saturated carbocycles. The van der Waals surface area contributed by atoms with Gasteiger partial charge in [-0.05, 0) is 39.0 Å². The molecule has 7 atom stereocenters. The number of nitrogens with zero attached hydrogens (tertiary/aromatic N) is 2. The van der Waals surface area contributed by atoms with E-state index in [1.807, 2.05) is 20.8 Å². The average molecular weight is 479 g/mol. The van der Waals surface area contributed by atoms with Crippen molar-refractivity contribution in [3.8, 4) is 0 Å². The first-order valence-electron chi connectivity index (χ1n) is 12.9.